The fourth-order valence-corrected chi connectivity index (χ4v) is 6.16. The number of ether oxygens (including phenoxy) is 1. The predicted molar refractivity (Wildman–Crippen MR) is 161 cm³/mol. The van der Waals surface area contributed by atoms with Crippen molar-refractivity contribution in [2.24, 2.45) is 0 Å². The van der Waals surface area contributed by atoms with Crippen molar-refractivity contribution in [2.45, 2.75) is 57.2 Å². The molecule has 0 radical (unpaired) electrons. The molecule has 0 spiro atoms. The summed E-state index contributed by atoms with van der Waals surface area (Å²) in [5.74, 6) is -2.87. The number of carbonyl (C=O) groups excluding carboxylic acids is 2. The number of hydrogen-bond donors (Lipinski definition) is 1. The lowest BCUT2D eigenvalue weighted by Gasteiger charge is -2.35. The number of halogens is 2. The van der Waals surface area contributed by atoms with E-state index in [-0.39, 0.29) is 30.6 Å². The maximum atomic E-state index is 14.2. The van der Waals surface area contributed by atoms with Crippen molar-refractivity contribution < 1.29 is 31.5 Å². The van der Waals surface area contributed by atoms with E-state index >= 15 is 0 Å². The van der Waals surface area contributed by atoms with Gasteiger partial charge in [0.25, 0.3) is 0 Å². The highest BCUT2D eigenvalue weighted by Gasteiger charge is 2.34. The average Bonchev–Trinajstić information content (AvgIpc) is 2.99. The van der Waals surface area contributed by atoms with Gasteiger partial charge in [0.1, 0.15) is 18.3 Å². The molecule has 1 N–H and O–H groups in total. The minimum absolute atomic E-state index is 0.0250. The number of nitrogens with one attached hydrogen (secondary N) is 1. The summed E-state index contributed by atoms with van der Waals surface area (Å²) in [4.78, 5) is 29.5. The molecule has 11 heteroatoms. The third kappa shape index (κ3) is 8.76. The van der Waals surface area contributed by atoms with Gasteiger partial charge in [-0.1, -0.05) is 61.7 Å². The van der Waals surface area contributed by atoms with Crippen LogP contribution in [0.3, 0.4) is 0 Å². The summed E-state index contributed by atoms with van der Waals surface area (Å²) in [6.45, 7) is -0.753. The number of anilines is 1. The van der Waals surface area contributed by atoms with Gasteiger partial charge < -0.3 is 15.0 Å². The average molecular weight is 614 g/mol. The summed E-state index contributed by atoms with van der Waals surface area (Å²) in [6.07, 6.45) is 5.84. The molecule has 3 aromatic rings. The molecule has 0 aliphatic heterocycles. The number of rotatable bonds is 12. The molecule has 0 aromatic heterocycles. The van der Waals surface area contributed by atoms with E-state index in [0.717, 1.165) is 66.4 Å². The van der Waals surface area contributed by atoms with Crippen LogP contribution in [0.5, 0.6) is 5.75 Å². The molecular weight excluding hydrogens is 576 g/mol. The van der Waals surface area contributed by atoms with Gasteiger partial charge in [0.2, 0.25) is 21.8 Å². The van der Waals surface area contributed by atoms with Crippen LogP contribution in [-0.4, -0.2) is 57.1 Å². The largest absolute Gasteiger partial charge is 0.497 e. The van der Waals surface area contributed by atoms with Crippen molar-refractivity contribution in [1.82, 2.24) is 10.2 Å². The van der Waals surface area contributed by atoms with Gasteiger partial charge >= 0.3 is 0 Å². The lowest BCUT2D eigenvalue weighted by Crippen LogP contribution is -2.55. The zero-order chi connectivity index (χ0) is 31.0. The van der Waals surface area contributed by atoms with Crippen molar-refractivity contribution >= 4 is 27.5 Å². The Kier molecular flexibility index (Phi) is 10.7. The van der Waals surface area contributed by atoms with E-state index in [0.29, 0.717) is 11.3 Å². The molecule has 230 valence electrons. The van der Waals surface area contributed by atoms with E-state index in [1.807, 2.05) is 30.3 Å². The molecule has 0 unspecified atom stereocenters. The Morgan fingerprint density at radius 3 is 2.28 bits per heavy atom. The molecule has 1 atom stereocenters. The van der Waals surface area contributed by atoms with Crippen molar-refractivity contribution in [3.05, 3.63) is 95.6 Å². The summed E-state index contributed by atoms with van der Waals surface area (Å²) < 4.78 is 59.5. The van der Waals surface area contributed by atoms with E-state index < -0.39 is 40.2 Å². The predicted octanol–water partition coefficient (Wildman–Crippen LogP) is 4.83. The number of carbonyl (C=O) groups is 2. The number of hydrogen-bond acceptors (Lipinski definition) is 5. The Morgan fingerprint density at radius 1 is 0.930 bits per heavy atom. The van der Waals surface area contributed by atoms with Crippen LogP contribution in [-0.2, 0) is 32.6 Å². The summed E-state index contributed by atoms with van der Waals surface area (Å²) in [7, 11) is -2.59. The number of benzene rings is 3. The van der Waals surface area contributed by atoms with Gasteiger partial charge in [-0.05, 0) is 48.2 Å². The number of nitrogens with zero attached hydrogens (tertiary/aromatic N) is 2. The summed E-state index contributed by atoms with van der Waals surface area (Å²) in [6, 6.07) is 17.9. The Bertz CT molecular complexity index is 1510. The van der Waals surface area contributed by atoms with Gasteiger partial charge in [-0.15, -0.1) is 0 Å². The summed E-state index contributed by atoms with van der Waals surface area (Å²) >= 11 is 0. The van der Waals surface area contributed by atoms with Gasteiger partial charge in [-0.3, -0.25) is 13.9 Å². The molecule has 0 saturated heterocycles. The first-order valence-electron chi connectivity index (χ1n) is 14.2. The van der Waals surface area contributed by atoms with Gasteiger partial charge in [0.05, 0.1) is 19.1 Å². The van der Waals surface area contributed by atoms with E-state index in [4.69, 9.17) is 4.74 Å². The fourth-order valence-electron chi connectivity index (χ4n) is 5.32. The number of sulfonamides is 1. The molecule has 8 nitrogen and oxygen atoms in total. The highest BCUT2D eigenvalue weighted by Crippen LogP contribution is 2.24. The molecule has 1 aliphatic rings. The minimum Gasteiger partial charge on any atom is -0.497 e. The Labute approximate surface area is 251 Å². The molecule has 0 heterocycles. The standard InChI is InChI=1S/C32H37F2N3O5S/c1-42-27-15-9-12-24(18-27)21-36(31(38)22-37(43(2,40)41)26-16-17-28(33)29(34)20-26)30(19-23-10-5-3-6-11-23)32(39)35-25-13-7-4-8-14-25/h3,5-6,9-12,15-18,20,25,30H,4,7-8,13-14,19,21-22H2,1-2H3,(H,35,39)/t30-/m0/s1. The first-order chi connectivity index (χ1) is 20.5. The molecule has 1 fully saturated rings. The highest BCUT2D eigenvalue weighted by molar-refractivity contribution is 7.92. The third-order valence-corrected chi connectivity index (χ3v) is 8.72. The van der Waals surface area contributed by atoms with E-state index in [9.17, 15) is 26.8 Å². The zero-order valence-electron chi connectivity index (χ0n) is 24.3. The first kappa shape index (κ1) is 31.9. The van der Waals surface area contributed by atoms with Gasteiger partial charge in [0, 0.05) is 25.1 Å². The Balaban J connectivity index is 1.74. The lowest BCUT2D eigenvalue weighted by atomic mass is 9.94. The van der Waals surface area contributed by atoms with Crippen LogP contribution in [0.25, 0.3) is 0 Å². The maximum absolute atomic E-state index is 14.2. The van der Waals surface area contributed by atoms with Gasteiger partial charge in [-0.25, -0.2) is 17.2 Å². The SMILES string of the molecule is COc1cccc(CN(C(=O)CN(c2ccc(F)c(F)c2)S(C)(=O)=O)[C@@H](Cc2ccccc2)C(=O)NC2CCCCC2)c1. The topological polar surface area (TPSA) is 96.0 Å². The van der Waals surface area contributed by atoms with Crippen molar-refractivity contribution in [3.63, 3.8) is 0 Å². The number of methoxy groups -OCH3 is 1. The van der Waals surface area contributed by atoms with Crippen molar-refractivity contribution in [2.75, 3.05) is 24.2 Å². The van der Waals surface area contributed by atoms with Crippen LogP contribution >= 0.6 is 0 Å². The zero-order valence-corrected chi connectivity index (χ0v) is 25.2. The molecule has 43 heavy (non-hydrogen) atoms. The molecule has 1 aliphatic carbocycles. The summed E-state index contributed by atoms with van der Waals surface area (Å²) in [5, 5.41) is 3.13. The minimum atomic E-state index is -4.11. The highest BCUT2D eigenvalue weighted by atomic mass is 32.2. The maximum Gasteiger partial charge on any atom is 0.244 e. The third-order valence-electron chi connectivity index (χ3n) is 7.58. The van der Waals surface area contributed by atoms with Crippen molar-refractivity contribution in [1.29, 1.82) is 0 Å². The molecule has 2 amide bonds. The quantitative estimate of drug-likeness (QED) is 0.316. The second-order valence-corrected chi connectivity index (χ2v) is 12.7. The van der Waals surface area contributed by atoms with Crippen molar-refractivity contribution in [3.8, 4) is 5.75 Å². The molecular formula is C32H37F2N3O5S. The number of amides is 2. The van der Waals surface area contributed by atoms with E-state index in [2.05, 4.69) is 5.32 Å². The normalized spacial score (nSPS) is 14.5. The second-order valence-electron chi connectivity index (χ2n) is 10.8. The van der Waals surface area contributed by atoms with Crippen LogP contribution in [0.15, 0.2) is 72.8 Å². The van der Waals surface area contributed by atoms with Crippen LogP contribution < -0.4 is 14.4 Å². The van der Waals surface area contributed by atoms with Gasteiger partial charge in [-0.2, -0.15) is 0 Å². The van der Waals surface area contributed by atoms with Crippen LogP contribution in [0.2, 0.25) is 0 Å². The second kappa shape index (κ2) is 14.5. The Morgan fingerprint density at radius 2 is 1.63 bits per heavy atom. The molecule has 4 rings (SSSR count). The van der Waals surface area contributed by atoms with Crippen LogP contribution in [0, 0.1) is 11.6 Å². The van der Waals surface area contributed by atoms with Gasteiger partial charge in [0.15, 0.2) is 11.6 Å². The first-order valence-corrected chi connectivity index (χ1v) is 16.1. The van der Waals surface area contributed by atoms with E-state index in [1.165, 1.54) is 12.0 Å². The smallest absolute Gasteiger partial charge is 0.244 e. The monoisotopic (exact) mass is 613 g/mol. The Hall–Kier alpha value is -3.99. The summed E-state index contributed by atoms with van der Waals surface area (Å²) in [5.41, 5.74) is 1.27. The molecule has 3 aromatic carbocycles. The fraction of sp³-hybridized carbons (Fsp3) is 0.375. The lowest BCUT2D eigenvalue weighted by molar-refractivity contribution is -0.140. The van der Waals surface area contributed by atoms with Crippen LogP contribution in [0.1, 0.15) is 43.2 Å². The van der Waals surface area contributed by atoms with Crippen LogP contribution in [0.4, 0.5) is 14.5 Å². The molecule has 1 saturated carbocycles. The van der Waals surface area contributed by atoms with E-state index in [1.54, 1.807) is 24.3 Å². The molecule has 0 bridgehead atoms.